The van der Waals surface area contributed by atoms with Gasteiger partial charge in [-0.15, -0.1) is 0 Å². The first-order chi connectivity index (χ1) is 7.78. The Morgan fingerprint density at radius 3 is 2.88 bits per heavy atom. The van der Waals surface area contributed by atoms with Crippen LogP contribution in [0.25, 0.3) is 0 Å². The number of carbonyl (C=O) groups excluding carboxylic acids is 1. The summed E-state index contributed by atoms with van der Waals surface area (Å²) in [6, 6.07) is 8.51. The van der Waals surface area contributed by atoms with Crippen molar-refractivity contribution in [3.8, 4) is 5.75 Å². The molecule has 1 aliphatic heterocycles. The van der Waals surface area contributed by atoms with Gasteiger partial charge in [-0.3, -0.25) is 4.79 Å². The Morgan fingerprint density at radius 1 is 1.38 bits per heavy atom. The van der Waals surface area contributed by atoms with Gasteiger partial charge >= 0.3 is 0 Å². The molecule has 1 aliphatic carbocycles. The van der Waals surface area contributed by atoms with Gasteiger partial charge in [0.15, 0.2) is 0 Å². The van der Waals surface area contributed by atoms with Crippen molar-refractivity contribution < 1.29 is 9.53 Å². The van der Waals surface area contributed by atoms with Crippen LogP contribution in [0.1, 0.15) is 24.3 Å². The first kappa shape index (κ1) is 9.70. The van der Waals surface area contributed by atoms with Gasteiger partial charge in [-0.05, 0) is 30.5 Å². The summed E-state index contributed by atoms with van der Waals surface area (Å²) in [6.07, 6.45) is 1.99. The van der Waals surface area contributed by atoms with Crippen LogP contribution in [0.4, 0.5) is 0 Å². The number of piperidine rings is 1. The van der Waals surface area contributed by atoms with Crippen molar-refractivity contribution in [2.24, 2.45) is 5.92 Å². The summed E-state index contributed by atoms with van der Waals surface area (Å²) in [7, 11) is 1.68. The second kappa shape index (κ2) is 3.51. The van der Waals surface area contributed by atoms with Crippen LogP contribution in [0, 0.1) is 5.92 Å². The molecule has 84 valence electrons. The molecule has 0 spiro atoms. The molecule has 2 fully saturated rings. The number of benzene rings is 1. The van der Waals surface area contributed by atoms with E-state index in [1.165, 1.54) is 5.56 Å². The Morgan fingerprint density at radius 2 is 2.25 bits per heavy atom. The quantitative estimate of drug-likeness (QED) is 0.818. The molecular weight excluding hydrogens is 202 g/mol. The van der Waals surface area contributed by atoms with E-state index in [2.05, 4.69) is 17.4 Å². The van der Waals surface area contributed by atoms with Crippen LogP contribution in [-0.4, -0.2) is 19.1 Å². The number of methoxy groups -OCH3 is 1. The zero-order valence-electron chi connectivity index (χ0n) is 9.27. The maximum absolute atomic E-state index is 11.4. The highest BCUT2D eigenvalue weighted by Gasteiger charge is 2.45. The summed E-state index contributed by atoms with van der Waals surface area (Å²) in [5.74, 6) is 1.84. The molecule has 1 amide bonds. The van der Waals surface area contributed by atoms with Gasteiger partial charge in [-0.1, -0.05) is 12.1 Å². The average molecular weight is 217 g/mol. The van der Waals surface area contributed by atoms with Crippen molar-refractivity contribution >= 4 is 5.91 Å². The molecule has 2 aliphatic rings. The predicted molar refractivity (Wildman–Crippen MR) is 60.4 cm³/mol. The third-order valence-corrected chi connectivity index (χ3v) is 3.78. The molecule has 0 unspecified atom stereocenters. The maximum Gasteiger partial charge on any atom is 0.223 e. The van der Waals surface area contributed by atoms with E-state index in [0.29, 0.717) is 12.0 Å². The Hall–Kier alpha value is -1.51. The van der Waals surface area contributed by atoms with E-state index >= 15 is 0 Å². The van der Waals surface area contributed by atoms with Crippen LogP contribution >= 0.6 is 0 Å². The van der Waals surface area contributed by atoms with Gasteiger partial charge < -0.3 is 10.1 Å². The molecule has 0 radical (unpaired) electrons. The number of fused-ring (bicyclic) bond motifs is 2. The fraction of sp³-hybridized carbons (Fsp3) is 0.462. The fourth-order valence-corrected chi connectivity index (χ4v) is 2.95. The molecule has 1 heterocycles. The Labute approximate surface area is 94.8 Å². The fourth-order valence-electron chi connectivity index (χ4n) is 2.95. The van der Waals surface area contributed by atoms with Crippen LogP contribution in [-0.2, 0) is 4.79 Å². The van der Waals surface area contributed by atoms with E-state index in [-0.39, 0.29) is 11.8 Å². The van der Waals surface area contributed by atoms with Crippen molar-refractivity contribution in [2.45, 2.75) is 24.8 Å². The van der Waals surface area contributed by atoms with Crippen LogP contribution in [0.3, 0.4) is 0 Å². The van der Waals surface area contributed by atoms with Gasteiger partial charge in [0.25, 0.3) is 0 Å². The zero-order chi connectivity index (χ0) is 11.1. The molecule has 3 nitrogen and oxygen atoms in total. The van der Waals surface area contributed by atoms with Crippen molar-refractivity contribution in [3.05, 3.63) is 29.8 Å². The number of amides is 1. The average Bonchev–Trinajstić information content (AvgIpc) is 2.88. The normalized spacial score (nSPS) is 31.6. The van der Waals surface area contributed by atoms with Gasteiger partial charge in [-0.2, -0.15) is 0 Å². The van der Waals surface area contributed by atoms with Crippen molar-refractivity contribution in [2.75, 3.05) is 7.11 Å². The van der Waals surface area contributed by atoms with E-state index in [1.54, 1.807) is 7.11 Å². The molecule has 2 bridgehead atoms. The monoisotopic (exact) mass is 217 g/mol. The first-order valence-electron chi connectivity index (χ1n) is 5.72. The summed E-state index contributed by atoms with van der Waals surface area (Å²) >= 11 is 0. The first-order valence-corrected chi connectivity index (χ1v) is 5.72. The van der Waals surface area contributed by atoms with Gasteiger partial charge in [0.05, 0.1) is 7.11 Å². The van der Waals surface area contributed by atoms with Crippen LogP contribution in [0.2, 0.25) is 0 Å². The van der Waals surface area contributed by atoms with Crippen molar-refractivity contribution in [3.63, 3.8) is 0 Å². The lowest BCUT2D eigenvalue weighted by Crippen LogP contribution is -2.35. The second-order valence-corrected chi connectivity index (χ2v) is 4.67. The number of ether oxygens (including phenoxy) is 1. The summed E-state index contributed by atoms with van der Waals surface area (Å²) < 4.78 is 5.23. The van der Waals surface area contributed by atoms with Gasteiger partial charge in [0.1, 0.15) is 5.75 Å². The highest BCUT2D eigenvalue weighted by atomic mass is 16.5. The Kier molecular flexibility index (Phi) is 2.13. The zero-order valence-corrected chi connectivity index (χ0v) is 9.27. The van der Waals surface area contributed by atoms with E-state index in [0.717, 1.165) is 18.6 Å². The molecule has 1 aromatic rings. The number of carbonyl (C=O) groups is 1. The SMILES string of the molecule is COc1cccc([C@H]2C[C@H]3C[C@@H]2NC3=O)c1. The summed E-state index contributed by atoms with van der Waals surface area (Å²) in [4.78, 5) is 11.4. The number of nitrogens with one attached hydrogen (secondary N) is 1. The maximum atomic E-state index is 11.4. The topological polar surface area (TPSA) is 38.3 Å². The number of rotatable bonds is 2. The minimum Gasteiger partial charge on any atom is -0.497 e. The molecule has 3 atom stereocenters. The molecule has 1 saturated heterocycles. The predicted octanol–water partition coefficient (Wildman–Crippen LogP) is 1.69. The molecular formula is C13H15NO2. The minimum absolute atomic E-state index is 0.237. The molecule has 1 N–H and O–H groups in total. The summed E-state index contributed by atoms with van der Waals surface area (Å²) in [5, 5.41) is 3.06. The molecule has 1 saturated carbocycles. The van der Waals surface area contributed by atoms with Crippen LogP contribution < -0.4 is 10.1 Å². The standard InChI is InChI=1S/C13H15NO2/c1-16-10-4-2-3-8(5-10)11-6-9-7-12(11)14-13(9)15/h2-5,9,11-12H,6-7H2,1H3,(H,14,15)/t9-,11+,12-/m0/s1. The van der Waals surface area contributed by atoms with E-state index in [1.807, 2.05) is 12.1 Å². The highest BCUT2D eigenvalue weighted by molar-refractivity contribution is 5.83. The molecule has 3 heteroatoms. The minimum atomic E-state index is 0.237. The van der Waals surface area contributed by atoms with Crippen molar-refractivity contribution in [1.29, 1.82) is 0 Å². The van der Waals surface area contributed by atoms with Gasteiger partial charge in [0.2, 0.25) is 5.91 Å². The van der Waals surface area contributed by atoms with Gasteiger partial charge in [-0.25, -0.2) is 0 Å². The van der Waals surface area contributed by atoms with Crippen LogP contribution in [0.15, 0.2) is 24.3 Å². The summed E-state index contributed by atoms with van der Waals surface area (Å²) in [6.45, 7) is 0. The summed E-state index contributed by atoms with van der Waals surface area (Å²) in [5.41, 5.74) is 1.28. The Bertz CT molecular complexity index is 430. The number of hydrogen-bond donors (Lipinski definition) is 1. The smallest absolute Gasteiger partial charge is 0.223 e. The van der Waals surface area contributed by atoms with Gasteiger partial charge in [0, 0.05) is 17.9 Å². The van der Waals surface area contributed by atoms with Crippen molar-refractivity contribution in [1.82, 2.24) is 5.32 Å². The van der Waals surface area contributed by atoms with E-state index in [4.69, 9.17) is 4.74 Å². The van der Waals surface area contributed by atoms with E-state index in [9.17, 15) is 4.79 Å². The number of hydrogen-bond acceptors (Lipinski definition) is 2. The molecule has 3 rings (SSSR count). The molecule has 1 aromatic carbocycles. The van der Waals surface area contributed by atoms with E-state index < -0.39 is 0 Å². The second-order valence-electron chi connectivity index (χ2n) is 4.67. The molecule has 0 aromatic heterocycles. The third kappa shape index (κ3) is 1.39. The lowest BCUT2D eigenvalue weighted by molar-refractivity contribution is -0.123. The lowest BCUT2D eigenvalue weighted by atomic mass is 9.91. The largest absolute Gasteiger partial charge is 0.497 e. The van der Waals surface area contributed by atoms with Crippen LogP contribution in [0.5, 0.6) is 5.75 Å². The Balaban J connectivity index is 1.86. The molecule has 16 heavy (non-hydrogen) atoms. The highest BCUT2D eigenvalue weighted by Crippen LogP contribution is 2.43. The third-order valence-electron chi connectivity index (χ3n) is 3.78. The lowest BCUT2D eigenvalue weighted by Gasteiger charge is -2.23.